The van der Waals surface area contributed by atoms with Gasteiger partial charge in [-0.3, -0.25) is 0 Å². The van der Waals surface area contributed by atoms with Crippen LogP contribution >= 0.6 is 0 Å². The molecule has 1 heteroatoms. The zero-order valence-electron chi connectivity index (χ0n) is 7.57. The Morgan fingerprint density at radius 2 is 1.90 bits per heavy atom. The summed E-state index contributed by atoms with van der Waals surface area (Å²) in [5, 5.41) is 0. The fourth-order valence-electron chi connectivity index (χ4n) is 0.537. The molecule has 0 spiro atoms. The maximum Gasteiger partial charge on any atom is 0.0781 e. The average Bonchev–Trinajstić information content (AvgIpc) is 1.78. The van der Waals surface area contributed by atoms with Crippen LogP contribution in [0.2, 0.25) is 19.6 Å². The van der Waals surface area contributed by atoms with Crippen molar-refractivity contribution in [2.24, 2.45) is 0 Å². The number of allylic oxidation sites excluding steroid dienone is 1. The molecule has 0 N–H and O–H groups in total. The summed E-state index contributed by atoms with van der Waals surface area (Å²) in [7, 11) is -0.975. The Balaban J connectivity index is 3.74. The van der Waals surface area contributed by atoms with Gasteiger partial charge in [-0.2, -0.15) is 0 Å². The van der Waals surface area contributed by atoms with E-state index in [-0.39, 0.29) is 0 Å². The van der Waals surface area contributed by atoms with Crippen molar-refractivity contribution in [3.63, 3.8) is 0 Å². The number of unbranched alkanes of at least 4 members (excludes halogenated alkanes) is 1. The highest BCUT2D eigenvalue weighted by molar-refractivity contribution is 6.80. The molecule has 58 valence electrons. The molecule has 0 aliphatic rings. The Morgan fingerprint density at radius 1 is 1.30 bits per heavy atom. The molecular weight excluding hydrogens is 136 g/mol. The number of hydrogen-bond acceptors (Lipinski definition) is 0. The van der Waals surface area contributed by atoms with Gasteiger partial charge in [0.1, 0.15) is 0 Å². The highest BCUT2D eigenvalue weighted by atomic mass is 28.3. The van der Waals surface area contributed by atoms with E-state index in [0.717, 1.165) is 0 Å². The molecule has 0 amide bonds. The van der Waals surface area contributed by atoms with Crippen molar-refractivity contribution in [3.8, 4) is 0 Å². The minimum atomic E-state index is -0.975. The Labute approximate surface area is 65.7 Å². The Kier molecular flexibility index (Phi) is 4.42. The van der Waals surface area contributed by atoms with Crippen molar-refractivity contribution in [2.75, 3.05) is 0 Å². The molecule has 0 aromatic heterocycles. The van der Waals surface area contributed by atoms with Crippen molar-refractivity contribution in [1.29, 1.82) is 0 Å². The predicted molar refractivity (Wildman–Crippen MR) is 50.9 cm³/mol. The van der Waals surface area contributed by atoms with Crippen molar-refractivity contribution in [3.05, 3.63) is 17.5 Å². The minimum Gasteiger partial charge on any atom is -0.134 e. The summed E-state index contributed by atoms with van der Waals surface area (Å²) in [5.74, 6) is 0. The smallest absolute Gasteiger partial charge is 0.0781 e. The maximum absolute atomic E-state index is 3.24. The zero-order valence-corrected chi connectivity index (χ0v) is 8.57. The fraction of sp³-hybridized carbons (Fsp3) is 0.667. The van der Waals surface area contributed by atoms with Crippen molar-refractivity contribution < 1.29 is 0 Å². The van der Waals surface area contributed by atoms with Crippen molar-refractivity contribution >= 4 is 8.07 Å². The first kappa shape index (κ1) is 9.74. The van der Waals surface area contributed by atoms with E-state index in [4.69, 9.17) is 0 Å². The van der Waals surface area contributed by atoms with Gasteiger partial charge in [0, 0.05) is 0 Å². The second kappa shape index (κ2) is 4.54. The summed E-state index contributed by atoms with van der Waals surface area (Å²) >= 11 is 0. The molecule has 0 saturated heterocycles. The molecule has 0 aliphatic carbocycles. The monoisotopic (exact) mass is 154 g/mol. The first-order valence-corrected chi connectivity index (χ1v) is 7.56. The van der Waals surface area contributed by atoms with Crippen LogP contribution in [0, 0.1) is 0 Å². The lowest BCUT2D eigenvalue weighted by Gasteiger charge is -2.04. The van der Waals surface area contributed by atoms with Gasteiger partial charge in [-0.15, -0.1) is 5.73 Å². The second-order valence-corrected chi connectivity index (χ2v) is 8.69. The van der Waals surface area contributed by atoms with Gasteiger partial charge in [-0.25, -0.2) is 0 Å². The lowest BCUT2D eigenvalue weighted by molar-refractivity contribution is 0.960. The van der Waals surface area contributed by atoms with Crippen LogP contribution in [0.25, 0.3) is 0 Å². The van der Waals surface area contributed by atoms with Gasteiger partial charge in [0.15, 0.2) is 0 Å². The Morgan fingerprint density at radius 3 is 2.30 bits per heavy atom. The van der Waals surface area contributed by atoms with Crippen molar-refractivity contribution in [2.45, 2.75) is 39.4 Å². The first-order valence-electron chi connectivity index (χ1n) is 3.98. The van der Waals surface area contributed by atoms with E-state index in [2.05, 4.69) is 44.1 Å². The van der Waals surface area contributed by atoms with E-state index in [9.17, 15) is 0 Å². The van der Waals surface area contributed by atoms with Gasteiger partial charge < -0.3 is 0 Å². The van der Waals surface area contributed by atoms with Crippen LogP contribution in [0.15, 0.2) is 17.5 Å². The van der Waals surface area contributed by atoms with Gasteiger partial charge in [-0.1, -0.05) is 38.7 Å². The summed E-state index contributed by atoms with van der Waals surface area (Å²) in [4.78, 5) is 0. The average molecular weight is 154 g/mol. The Bertz CT molecular complexity index is 133. The summed E-state index contributed by atoms with van der Waals surface area (Å²) in [6.45, 7) is 9.14. The quantitative estimate of drug-likeness (QED) is 0.432. The number of hydrogen-bond donors (Lipinski definition) is 0. The molecular formula is C9H18Si. The molecule has 0 nitrogen and oxygen atoms in total. The molecule has 0 rings (SSSR count). The molecule has 0 unspecified atom stereocenters. The van der Waals surface area contributed by atoms with Crippen LogP contribution in [0.3, 0.4) is 0 Å². The van der Waals surface area contributed by atoms with E-state index >= 15 is 0 Å². The molecule has 0 saturated carbocycles. The van der Waals surface area contributed by atoms with Crippen LogP contribution in [0.4, 0.5) is 0 Å². The van der Waals surface area contributed by atoms with Crippen LogP contribution in [-0.4, -0.2) is 8.07 Å². The van der Waals surface area contributed by atoms with E-state index in [1.165, 1.54) is 12.8 Å². The molecule has 0 radical (unpaired) electrons. The topological polar surface area (TPSA) is 0 Å². The lowest BCUT2D eigenvalue weighted by Crippen LogP contribution is -2.14. The van der Waals surface area contributed by atoms with Gasteiger partial charge in [0.2, 0.25) is 0 Å². The summed E-state index contributed by atoms with van der Waals surface area (Å²) in [6.07, 6.45) is 4.53. The predicted octanol–water partition coefficient (Wildman–Crippen LogP) is 3.38. The molecule has 10 heavy (non-hydrogen) atoms. The molecule has 0 fully saturated rings. The normalized spacial score (nSPS) is 10.4. The lowest BCUT2D eigenvalue weighted by atomic mass is 10.3. The van der Waals surface area contributed by atoms with Gasteiger partial charge in [-0.05, 0) is 12.5 Å². The second-order valence-electron chi connectivity index (χ2n) is 3.67. The molecule has 0 aliphatic heterocycles. The molecule has 0 aromatic rings. The third kappa shape index (κ3) is 7.74. The highest BCUT2D eigenvalue weighted by Crippen LogP contribution is 2.00. The van der Waals surface area contributed by atoms with Crippen LogP contribution in [0.5, 0.6) is 0 Å². The number of rotatable bonds is 3. The van der Waals surface area contributed by atoms with Crippen LogP contribution in [-0.2, 0) is 0 Å². The Hall–Kier alpha value is -0.263. The molecule has 0 heterocycles. The van der Waals surface area contributed by atoms with Crippen LogP contribution in [0.1, 0.15) is 19.8 Å². The van der Waals surface area contributed by atoms with E-state index in [0.29, 0.717) is 0 Å². The zero-order chi connectivity index (χ0) is 8.04. The van der Waals surface area contributed by atoms with E-state index in [1.807, 2.05) is 0 Å². The van der Waals surface area contributed by atoms with E-state index in [1.54, 1.807) is 0 Å². The summed E-state index contributed by atoms with van der Waals surface area (Å²) < 4.78 is 0. The molecule has 0 atom stereocenters. The third-order valence-corrected chi connectivity index (χ3v) is 2.10. The van der Waals surface area contributed by atoms with Gasteiger partial charge >= 0.3 is 0 Å². The third-order valence-electron chi connectivity index (χ3n) is 1.07. The maximum atomic E-state index is 3.24. The largest absolute Gasteiger partial charge is 0.134 e. The minimum absolute atomic E-state index is 0.975. The van der Waals surface area contributed by atoms with Gasteiger partial charge in [0.25, 0.3) is 0 Å². The fourth-order valence-corrected chi connectivity index (χ4v) is 1.15. The highest BCUT2D eigenvalue weighted by Gasteiger charge is 2.05. The summed E-state index contributed by atoms with van der Waals surface area (Å²) in [6, 6.07) is 0. The van der Waals surface area contributed by atoms with Crippen LogP contribution < -0.4 is 0 Å². The van der Waals surface area contributed by atoms with E-state index < -0.39 is 8.07 Å². The van der Waals surface area contributed by atoms with Gasteiger partial charge in [0.05, 0.1) is 8.07 Å². The first-order chi connectivity index (χ1) is 4.56. The SMILES string of the molecule is CCCC=C=C[Si](C)(C)C. The molecule has 0 bridgehead atoms. The standard InChI is InChI=1S/C9H18Si/c1-5-6-7-8-9-10(2,3)4/h7,9H,5-6H2,1-4H3. The molecule has 0 aromatic carbocycles. The summed E-state index contributed by atoms with van der Waals surface area (Å²) in [5.41, 5.74) is 5.49. The van der Waals surface area contributed by atoms with Crippen molar-refractivity contribution in [1.82, 2.24) is 0 Å².